The molecule has 0 heterocycles. The summed E-state index contributed by atoms with van der Waals surface area (Å²) in [4.78, 5) is 0. The molecule has 0 saturated carbocycles. The molecule has 0 amide bonds. The van der Waals surface area contributed by atoms with Crippen LogP contribution in [0.25, 0.3) is 0 Å². The minimum absolute atomic E-state index is 0.0364. The summed E-state index contributed by atoms with van der Waals surface area (Å²) in [5, 5.41) is 13.7. The molecule has 0 bridgehead atoms. The van der Waals surface area contributed by atoms with Crippen LogP contribution < -0.4 is 44.2 Å². The van der Waals surface area contributed by atoms with E-state index in [-0.39, 0.29) is 5.41 Å². The molecule has 0 aliphatic heterocycles. The van der Waals surface area contributed by atoms with Gasteiger partial charge in [-0.05, 0) is 0 Å². The Bertz CT molecular complexity index is 169. The molecule has 128 valence electrons. The van der Waals surface area contributed by atoms with Crippen molar-refractivity contribution in [2.24, 2.45) is 28.3 Å². The molecule has 0 fully saturated rings. The monoisotopic (exact) mass is 304 g/mol. The Morgan fingerprint density at radius 2 is 0.714 bits per heavy atom. The summed E-state index contributed by atoms with van der Waals surface area (Å²) in [6.07, 6.45) is 0. The fourth-order valence-corrected chi connectivity index (χ4v) is 2.20. The highest BCUT2D eigenvalue weighted by molar-refractivity contribution is 4.88. The van der Waals surface area contributed by atoms with Crippen LogP contribution in [0, 0.1) is 5.41 Å². The average molecular weight is 304 g/mol. The fourth-order valence-electron chi connectivity index (χ4n) is 2.20. The molecule has 0 saturated heterocycles. The van der Waals surface area contributed by atoms with E-state index in [2.05, 4.69) is 21.3 Å². The van der Waals surface area contributed by atoms with Crippen LogP contribution >= 0.6 is 0 Å². The van der Waals surface area contributed by atoms with Crippen molar-refractivity contribution in [1.82, 2.24) is 21.3 Å². The highest BCUT2D eigenvalue weighted by Crippen LogP contribution is 2.13. The van der Waals surface area contributed by atoms with Crippen molar-refractivity contribution in [2.75, 3.05) is 78.5 Å². The second-order valence-corrected chi connectivity index (χ2v) is 5.36. The summed E-state index contributed by atoms with van der Waals surface area (Å²) >= 11 is 0. The first kappa shape index (κ1) is 20.7. The molecular formula is C13H36N8. The van der Waals surface area contributed by atoms with Gasteiger partial charge in [-0.15, -0.1) is 0 Å². The molecule has 0 aromatic heterocycles. The zero-order chi connectivity index (χ0) is 15.8. The highest BCUT2D eigenvalue weighted by atomic mass is 15.0. The number of nitrogens with two attached hydrogens (primary N) is 4. The Morgan fingerprint density at radius 3 is 0.905 bits per heavy atom. The van der Waals surface area contributed by atoms with Gasteiger partial charge in [-0.3, -0.25) is 0 Å². The van der Waals surface area contributed by atoms with E-state index >= 15 is 0 Å². The van der Waals surface area contributed by atoms with E-state index < -0.39 is 0 Å². The zero-order valence-electron chi connectivity index (χ0n) is 13.3. The van der Waals surface area contributed by atoms with Crippen molar-refractivity contribution in [2.45, 2.75) is 0 Å². The molecule has 0 rings (SSSR count). The minimum Gasteiger partial charge on any atom is -0.329 e. The molecule has 0 aliphatic rings. The largest absolute Gasteiger partial charge is 0.329 e. The lowest BCUT2D eigenvalue weighted by Crippen LogP contribution is -2.55. The van der Waals surface area contributed by atoms with Gasteiger partial charge in [0.15, 0.2) is 0 Å². The number of rotatable bonds is 16. The molecule has 12 N–H and O–H groups in total. The Hall–Kier alpha value is -0.320. The lowest BCUT2D eigenvalue weighted by molar-refractivity contribution is 0.239. The van der Waals surface area contributed by atoms with E-state index in [1.807, 2.05) is 0 Å². The van der Waals surface area contributed by atoms with E-state index in [4.69, 9.17) is 22.9 Å². The molecule has 21 heavy (non-hydrogen) atoms. The van der Waals surface area contributed by atoms with Crippen molar-refractivity contribution in [3.8, 4) is 0 Å². The first-order chi connectivity index (χ1) is 10.2. The predicted molar refractivity (Wildman–Crippen MR) is 90.1 cm³/mol. The number of hydrogen-bond acceptors (Lipinski definition) is 8. The van der Waals surface area contributed by atoms with Gasteiger partial charge >= 0.3 is 0 Å². The van der Waals surface area contributed by atoms with E-state index in [1.165, 1.54) is 0 Å². The summed E-state index contributed by atoms with van der Waals surface area (Å²) < 4.78 is 0. The van der Waals surface area contributed by atoms with Crippen LogP contribution in [0.15, 0.2) is 0 Å². The van der Waals surface area contributed by atoms with Crippen LogP contribution in [0.2, 0.25) is 0 Å². The SMILES string of the molecule is NCCNCC(CNCCN)(CNCCN)CNCCN. The van der Waals surface area contributed by atoms with Gasteiger partial charge in [0.1, 0.15) is 0 Å². The first-order valence-corrected chi connectivity index (χ1v) is 7.88. The molecule has 8 nitrogen and oxygen atoms in total. The third-order valence-electron chi connectivity index (χ3n) is 3.28. The van der Waals surface area contributed by atoms with Gasteiger partial charge in [-0.2, -0.15) is 0 Å². The molecule has 0 aliphatic carbocycles. The maximum absolute atomic E-state index is 5.56. The standard InChI is InChI=1S/C13H36N8/c14-1-5-18-9-13(10-19-6-2-15,11-20-7-3-16)12-21-8-4-17/h18-21H,1-12,14-17H2. The van der Waals surface area contributed by atoms with Crippen molar-refractivity contribution < 1.29 is 0 Å². The highest BCUT2D eigenvalue weighted by Gasteiger charge is 2.28. The van der Waals surface area contributed by atoms with Gasteiger partial charge in [0, 0.05) is 84.0 Å². The Morgan fingerprint density at radius 1 is 0.476 bits per heavy atom. The molecule has 0 atom stereocenters. The van der Waals surface area contributed by atoms with Crippen LogP contribution in [-0.4, -0.2) is 78.5 Å². The summed E-state index contributed by atoms with van der Waals surface area (Å²) in [7, 11) is 0. The van der Waals surface area contributed by atoms with E-state index in [0.717, 1.165) is 52.4 Å². The van der Waals surface area contributed by atoms with Crippen LogP contribution in [0.5, 0.6) is 0 Å². The Labute approximate surface area is 129 Å². The second kappa shape index (κ2) is 14.6. The summed E-state index contributed by atoms with van der Waals surface area (Å²) in [5.41, 5.74) is 22.3. The maximum Gasteiger partial charge on any atom is 0.0202 e. The smallest absolute Gasteiger partial charge is 0.0202 e. The van der Waals surface area contributed by atoms with Crippen LogP contribution in [0.1, 0.15) is 0 Å². The third kappa shape index (κ3) is 11.0. The van der Waals surface area contributed by atoms with Crippen molar-refractivity contribution >= 4 is 0 Å². The zero-order valence-corrected chi connectivity index (χ0v) is 13.3. The van der Waals surface area contributed by atoms with E-state index in [1.54, 1.807) is 0 Å². The fraction of sp³-hybridized carbons (Fsp3) is 1.00. The van der Waals surface area contributed by atoms with Gasteiger partial charge in [0.2, 0.25) is 0 Å². The topological polar surface area (TPSA) is 152 Å². The van der Waals surface area contributed by atoms with Crippen molar-refractivity contribution in [1.29, 1.82) is 0 Å². The second-order valence-electron chi connectivity index (χ2n) is 5.36. The normalized spacial score (nSPS) is 12.0. The third-order valence-corrected chi connectivity index (χ3v) is 3.28. The van der Waals surface area contributed by atoms with Crippen LogP contribution in [0.4, 0.5) is 0 Å². The maximum atomic E-state index is 5.56. The Balaban J connectivity index is 4.52. The van der Waals surface area contributed by atoms with Crippen LogP contribution in [0.3, 0.4) is 0 Å². The minimum atomic E-state index is 0.0364. The molecule has 8 heteroatoms. The first-order valence-electron chi connectivity index (χ1n) is 7.88. The molecule has 0 radical (unpaired) electrons. The molecule has 0 unspecified atom stereocenters. The van der Waals surface area contributed by atoms with Gasteiger partial charge in [0.25, 0.3) is 0 Å². The molecular weight excluding hydrogens is 268 g/mol. The van der Waals surface area contributed by atoms with Gasteiger partial charge in [0.05, 0.1) is 0 Å². The molecule has 0 spiro atoms. The lowest BCUT2D eigenvalue weighted by Gasteiger charge is -2.35. The van der Waals surface area contributed by atoms with E-state index in [0.29, 0.717) is 26.2 Å². The summed E-state index contributed by atoms with van der Waals surface area (Å²) in [6.45, 7) is 9.29. The number of hydrogen-bond donors (Lipinski definition) is 8. The number of nitrogens with one attached hydrogen (secondary N) is 4. The quantitative estimate of drug-likeness (QED) is 0.135. The van der Waals surface area contributed by atoms with Crippen molar-refractivity contribution in [3.05, 3.63) is 0 Å². The summed E-state index contributed by atoms with van der Waals surface area (Å²) in [5.74, 6) is 0. The average Bonchev–Trinajstić information content (AvgIpc) is 2.48. The predicted octanol–water partition coefficient (Wildman–Crippen LogP) is -3.83. The van der Waals surface area contributed by atoms with Gasteiger partial charge < -0.3 is 44.2 Å². The lowest BCUT2D eigenvalue weighted by atomic mass is 9.87. The van der Waals surface area contributed by atoms with E-state index in [9.17, 15) is 0 Å². The van der Waals surface area contributed by atoms with Gasteiger partial charge in [-0.1, -0.05) is 0 Å². The summed E-state index contributed by atoms with van der Waals surface area (Å²) in [6, 6.07) is 0. The van der Waals surface area contributed by atoms with Crippen molar-refractivity contribution in [3.63, 3.8) is 0 Å². The van der Waals surface area contributed by atoms with Gasteiger partial charge in [-0.25, -0.2) is 0 Å². The Kier molecular flexibility index (Phi) is 14.4. The molecule has 0 aromatic rings. The van der Waals surface area contributed by atoms with Crippen LogP contribution in [-0.2, 0) is 0 Å². The molecule has 0 aromatic carbocycles.